The van der Waals surface area contributed by atoms with Crippen LogP contribution in [0.4, 0.5) is 0 Å². The van der Waals surface area contributed by atoms with Crippen molar-refractivity contribution in [2.75, 3.05) is 0 Å². The van der Waals surface area contributed by atoms with Crippen molar-refractivity contribution in [3.63, 3.8) is 0 Å². The number of nitrogens with two attached hydrogens (primary N) is 1. The molecule has 0 radical (unpaired) electrons. The minimum atomic E-state index is -2.46. The average Bonchev–Trinajstić information content (AvgIpc) is 2.57. The second-order valence-corrected chi connectivity index (χ2v) is 7.53. The zero-order chi connectivity index (χ0) is 19.7. The van der Waals surface area contributed by atoms with Crippen molar-refractivity contribution in [3.05, 3.63) is 40.7 Å². The highest BCUT2D eigenvalue weighted by molar-refractivity contribution is 6.14. The van der Waals surface area contributed by atoms with E-state index in [1.807, 2.05) is 0 Å². The van der Waals surface area contributed by atoms with Gasteiger partial charge in [-0.1, -0.05) is 12.1 Å². The molecule has 0 aliphatic heterocycles. The standard InChI is InChI=1S/C19H19NO7.ClH/c20-18(26)14-9-4-7-2-1-3-11(22)13(7)16(24)15(9)17(25)19(27)10(14)5-8(21)6-12(19)23;/h1-3,8-10,14,21-22,25,27H,4-6H2,(H2,20,26);1H. The number of aliphatic hydroxyl groups is 3. The zero-order valence-electron chi connectivity index (χ0n) is 14.7. The molecule has 0 bridgehead atoms. The van der Waals surface area contributed by atoms with E-state index in [1.54, 1.807) is 12.1 Å². The van der Waals surface area contributed by atoms with Crippen LogP contribution in [-0.2, 0) is 16.0 Å². The predicted octanol–water partition coefficient (Wildman–Crippen LogP) is 0.167. The SMILES string of the molecule is Cl.NC(=O)C1C2Cc3cccc(O)c3C(=O)C2=C(O)C2(O)C(=O)CC(O)CC12. The molecule has 0 spiro atoms. The molecule has 150 valence electrons. The second-order valence-electron chi connectivity index (χ2n) is 7.53. The number of ketones is 2. The molecule has 0 heterocycles. The molecule has 1 aromatic carbocycles. The van der Waals surface area contributed by atoms with Gasteiger partial charge in [-0.15, -0.1) is 12.4 Å². The van der Waals surface area contributed by atoms with Crippen molar-refractivity contribution in [2.24, 2.45) is 23.5 Å². The molecular weight excluding hydrogens is 390 g/mol. The Balaban J connectivity index is 0.00000225. The smallest absolute Gasteiger partial charge is 0.221 e. The lowest BCUT2D eigenvalue weighted by molar-refractivity contribution is -0.163. The van der Waals surface area contributed by atoms with Gasteiger partial charge in [0.15, 0.2) is 17.2 Å². The molecule has 5 atom stereocenters. The summed E-state index contributed by atoms with van der Waals surface area (Å²) in [6.45, 7) is 0. The number of rotatable bonds is 1. The first-order chi connectivity index (χ1) is 12.7. The second kappa shape index (κ2) is 6.58. The van der Waals surface area contributed by atoms with Gasteiger partial charge in [-0.05, 0) is 24.5 Å². The van der Waals surface area contributed by atoms with Crippen molar-refractivity contribution in [1.29, 1.82) is 0 Å². The third-order valence-corrected chi connectivity index (χ3v) is 6.13. The minimum Gasteiger partial charge on any atom is -0.508 e. The van der Waals surface area contributed by atoms with Crippen LogP contribution in [-0.4, -0.2) is 49.6 Å². The van der Waals surface area contributed by atoms with Gasteiger partial charge < -0.3 is 26.2 Å². The van der Waals surface area contributed by atoms with Crippen LogP contribution in [0, 0.1) is 17.8 Å². The third kappa shape index (κ3) is 2.48. The predicted molar refractivity (Wildman–Crippen MR) is 97.9 cm³/mol. The van der Waals surface area contributed by atoms with Crippen LogP contribution < -0.4 is 5.73 Å². The van der Waals surface area contributed by atoms with Crippen LogP contribution in [0.2, 0.25) is 0 Å². The Morgan fingerprint density at radius 3 is 2.50 bits per heavy atom. The maximum absolute atomic E-state index is 13.0. The van der Waals surface area contributed by atoms with Gasteiger partial charge >= 0.3 is 0 Å². The van der Waals surface area contributed by atoms with Gasteiger partial charge in [-0.25, -0.2) is 0 Å². The number of benzene rings is 1. The Kier molecular flexibility index (Phi) is 4.77. The summed E-state index contributed by atoms with van der Waals surface area (Å²) in [5.41, 5.74) is 3.30. The fourth-order valence-electron chi connectivity index (χ4n) is 4.97. The number of aliphatic hydroxyl groups excluding tert-OH is 2. The van der Waals surface area contributed by atoms with Gasteiger partial charge in [0.1, 0.15) is 11.5 Å². The first kappa shape index (κ1) is 20.3. The topological polar surface area (TPSA) is 158 Å². The van der Waals surface area contributed by atoms with Gasteiger partial charge in [-0.2, -0.15) is 0 Å². The normalized spacial score (nSPS) is 34.1. The number of aromatic hydroxyl groups is 1. The van der Waals surface area contributed by atoms with Gasteiger partial charge in [-0.3, -0.25) is 14.4 Å². The summed E-state index contributed by atoms with van der Waals surface area (Å²) >= 11 is 0. The summed E-state index contributed by atoms with van der Waals surface area (Å²) in [6, 6.07) is 4.51. The Morgan fingerprint density at radius 1 is 1.18 bits per heavy atom. The van der Waals surface area contributed by atoms with Gasteiger partial charge in [0.05, 0.1) is 17.6 Å². The van der Waals surface area contributed by atoms with Crippen LogP contribution >= 0.6 is 12.4 Å². The lowest BCUT2D eigenvalue weighted by Gasteiger charge is -2.50. The van der Waals surface area contributed by atoms with Gasteiger partial charge in [0.25, 0.3) is 0 Å². The maximum atomic E-state index is 13.0. The number of phenolic OH excluding ortho intramolecular Hbond substituents is 1. The van der Waals surface area contributed by atoms with E-state index in [1.165, 1.54) is 6.07 Å². The van der Waals surface area contributed by atoms with E-state index < -0.39 is 59.1 Å². The number of Topliss-reactive ketones (excluding diaryl/α,β-unsaturated/α-hetero) is 2. The van der Waals surface area contributed by atoms with Gasteiger partial charge in [0, 0.05) is 23.8 Å². The van der Waals surface area contributed by atoms with E-state index in [4.69, 9.17) is 5.73 Å². The van der Waals surface area contributed by atoms with Crippen molar-refractivity contribution in [3.8, 4) is 5.75 Å². The lowest BCUT2D eigenvalue weighted by Crippen LogP contribution is -2.63. The molecule has 5 unspecified atom stereocenters. The van der Waals surface area contributed by atoms with Crippen molar-refractivity contribution < 1.29 is 34.8 Å². The molecule has 1 amide bonds. The number of hydrogen-bond acceptors (Lipinski definition) is 7. The quantitative estimate of drug-likeness (QED) is 0.442. The molecule has 1 fully saturated rings. The Morgan fingerprint density at radius 2 is 1.86 bits per heavy atom. The monoisotopic (exact) mass is 409 g/mol. The van der Waals surface area contributed by atoms with E-state index in [-0.39, 0.29) is 42.1 Å². The summed E-state index contributed by atoms with van der Waals surface area (Å²) in [5, 5.41) is 41.9. The molecule has 6 N–H and O–H groups in total. The average molecular weight is 410 g/mol. The molecule has 3 aliphatic rings. The van der Waals surface area contributed by atoms with Crippen molar-refractivity contribution in [2.45, 2.75) is 31.0 Å². The number of carbonyl (C=O) groups excluding carboxylic acids is 3. The van der Waals surface area contributed by atoms with Crippen LogP contribution in [0.25, 0.3) is 0 Å². The summed E-state index contributed by atoms with van der Waals surface area (Å²) in [6.07, 6.45) is -1.46. The first-order valence-electron chi connectivity index (χ1n) is 8.70. The van der Waals surface area contributed by atoms with E-state index in [2.05, 4.69) is 0 Å². The van der Waals surface area contributed by atoms with Crippen LogP contribution in [0.3, 0.4) is 0 Å². The fraction of sp³-hybridized carbons (Fsp3) is 0.421. The van der Waals surface area contributed by atoms with Crippen LogP contribution in [0.15, 0.2) is 29.5 Å². The molecule has 3 aliphatic carbocycles. The highest BCUT2D eigenvalue weighted by Gasteiger charge is 2.63. The molecule has 0 aromatic heterocycles. The van der Waals surface area contributed by atoms with Crippen molar-refractivity contribution in [1.82, 2.24) is 0 Å². The number of phenols is 1. The summed E-state index contributed by atoms with van der Waals surface area (Å²) in [5.74, 6) is -6.63. The molecule has 1 saturated carbocycles. The molecule has 1 aromatic rings. The third-order valence-electron chi connectivity index (χ3n) is 6.13. The Bertz CT molecular complexity index is 927. The summed E-state index contributed by atoms with van der Waals surface area (Å²) < 4.78 is 0. The maximum Gasteiger partial charge on any atom is 0.221 e. The van der Waals surface area contributed by atoms with E-state index in [9.17, 15) is 34.8 Å². The van der Waals surface area contributed by atoms with E-state index in [0.29, 0.717) is 5.56 Å². The fourth-order valence-corrected chi connectivity index (χ4v) is 4.97. The minimum absolute atomic E-state index is 0. The van der Waals surface area contributed by atoms with E-state index >= 15 is 0 Å². The molecule has 28 heavy (non-hydrogen) atoms. The zero-order valence-corrected chi connectivity index (χ0v) is 15.5. The molecule has 9 heteroatoms. The van der Waals surface area contributed by atoms with Gasteiger partial charge in [0.2, 0.25) is 5.91 Å². The summed E-state index contributed by atoms with van der Waals surface area (Å²) in [7, 11) is 0. The highest BCUT2D eigenvalue weighted by atomic mass is 35.5. The van der Waals surface area contributed by atoms with Crippen molar-refractivity contribution >= 4 is 29.9 Å². The largest absolute Gasteiger partial charge is 0.508 e. The number of carbonyl (C=O) groups is 3. The lowest BCUT2D eigenvalue weighted by atomic mass is 9.55. The highest BCUT2D eigenvalue weighted by Crippen LogP contribution is 2.53. The number of fused-ring (bicyclic) bond motifs is 3. The number of allylic oxidation sites excluding steroid dienone is 1. The Labute approximate surface area is 166 Å². The number of primary amides is 1. The molecule has 8 nitrogen and oxygen atoms in total. The number of hydrogen-bond donors (Lipinski definition) is 5. The van der Waals surface area contributed by atoms with E-state index in [0.717, 1.165) is 0 Å². The molecule has 4 rings (SSSR count). The molecule has 0 saturated heterocycles. The first-order valence-corrected chi connectivity index (χ1v) is 8.70. The number of amides is 1. The van der Waals surface area contributed by atoms with Crippen LogP contribution in [0.5, 0.6) is 5.75 Å². The molecular formula is C19H20ClNO7. The Hall–Kier alpha value is -2.42. The van der Waals surface area contributed by atoms with Crippen LogP contribution in [0.1, 0.15) is 28.8 Å². The number of halogens is 1. The summed E-state index contributed by atoms with van der Waals surface area (Å²) in [4.78, 5) is 37.8.